The molecule has 2 aromatic rings. The number of benzene rings is 1. The number of aromatic nitrogens is 2. The first-order chi connectivity index (χ1) is 10.1. The predicted molar refractivity (Wildman–Crippen MR) is 88.1 cm³/mol. The SMILES string of the molecule is CN(C)CCN(Cc1cccc(Cl)c1)c1ncncc1Cl. The smallest absolute Gasteiger partial charge is 0.151 e. The summed E-state index contributed by atoms with van der Waals surface area (Å²) in [5.74, 6) is 0.744. The highest BCUT2D eigenvalue weighted by Gasteiger charge is 2.13. The summed E-state index contributed by atoms with van der Waals surface area (Å²) in [5.41, 5.74) is 1.12. The van der Waals surface area contributed by atoms with Gasteiger partial charge < -0.3 is 9.80 Å². The van der Waals surface area contributed by atoms with E-state index in [-0.39, 0.29) is 0 Å². The minimum Gasteiger partial charge on any atom is -0.350 e. The average Bonchev–Trinajstić information content (AvgIpc) is 2.44. The van der Waals surface area contributed by atoms with Gasteiger partial charge in [-0.3, -0.25) is 0 Å². The summed E-state index contributed by atoms with van der Waals surface area (Å²) in [7, 11) is 4.08. The van der Waals surface area contributed by atoms with Crippen LogP contribution >= 0.6 is 23.2 Å². The molecule has 0 unspecified atom stereocenters. The first kappa shape index (κ1) is 16.0. The predicted octanol–water partition coefficient (Wildman–Crippen LogP) is 3.35. The van der Waals surface area contributed by atoms with Crippen molar-refractivity contribution in [1.29, 1.82) is 0 Å². The van der Waals surface area contributed by atoms with Crippen LogP contribution in [0.25, 0.3) is 0 Å². The van der Waals surface area contributed by atoms with Crippen molar-refractivity contribution in [3.8, 4) is 0 Å². The largest absolute Gasteiger partial charge is 0.350 e. The molecule has 0 saturated carbocycles. The van der Waals surface area contributed by atoms with Gasteiger partial charge in [0.05, 0.1) is 6.20 Å². The van der Waals surface area contributed by atoms with Crippen molar-refractivity contribution < 1.29 is 0 Å². The molecule has 0 fully saturated rings. The van der Waals surface area contributed by atoms with Crippen LogP contribution in [0.2, 0.25) is 10.0 Å². The molecular formula is C15H18Cl2N4. The molecule has 0 radical (unpaired) electrons. The number of hydrogen-bond donors (Lipinski definition) is 0. The summed E-state index contributed by atoms with van der Waals surface area (Å²) < 4.78 is 0. The standard InChI is InChI=1S/C15H18Cl2N4/c1-20(2)6-7-21(15-14(17)9-18-11-19-15)10-12-4-3-5-13(16)8-12/h3-5,8-9,11H,6-7,10H2,1-2H3. The lowest BCUT2D eigenvalue weighted by Crippen LogP contribution is -2.32. The summed E-state index contributed by atoms with van der Waals surface area (Å²) in [6.07, 6.45) is 3.13. The molecule has 1 heterocycles. The average molecular weight is 325 g/mol. The molecule has 0 amide bonds. The first-order valence-corrected chi connectivity index (χ1v) is 7.41. The fourth-order valence-electron chi connectivity index (χ4n) is 1.98. The summed E-state index contributed by atoms with van der Waals surface area (Å²) in [4.78, 5) is 12.5. The lowest BCUT2D eigenvalue weighted by Gasteiger charge is -2.26. The van der Waals surface area contributed by atoms with Gasteiger partial charge in [0.15, 0.2) is 5.82 Å². The van der Waals surface area contributed by atoms with E-state index in [1.165, 1.54) is 6.33 Å². The van der Waals surface area contributed by atoms with Gasteiger partial charge in [0.25, 0.3) is 0 Å². The molecule has 0 saturated heterocycles. The van der Waals surface area contributed by atoms with Crippen LogP contribution in [0.5, 0.6) is 0 Å². The quantitative estimate of drug-likeness (QED) is 0.815. The topological polar surface area (TPSA) is 32.3 Å². The van der Waals surface area contributed by atoms with Crippen LogP contribution in [-0.4, -0.2) is 42.1 Å². The van der Waals surface area contributed by atoms with E-state index >= 15 is 0 Å². The number of rotatable bonds is 6. The third-order valence-electron chi connectivity index (χ3n) is 3.03. The maximum Gasteiger partial charge on any atom is 0.151 e. The molecule has 0 bridgehead atoms. The number of nitrogens with zero attached hydrogens (tertiary/aromatic N) is 4. The van der Waals surface area contributed by atoms with E-state index in [9.17, 15) is 0 Å². The zero-order chi connectivity index (χ0) is 15.2. The molecule has 0 N–H and O–H groups in total. The number of halogens is 2. The third-order valence-corrected chi connectivity index (χ3v) is 3.53. The third kappa shape index (κ3) is 4.84. The van der Waals surface area contributed by atoms with Gasteiger partial charge in [0.2, 0.25) is 0 Å². The Bertz CT molecular complexity index is 589. The fraction of sp³-hybridized carbons (Fsp3) is 0.333. The Kier molecular flexibility index (Phi) is 5.79. The fourth-order valence-corrected chi connectivity index (χ4v) is 2.41. The highest BCUT2D eigenvalue weighted by molar-refractivity contribution is 6.32. The maximum atomic E-state index is 6.23. The number of anilines is 1. The van der Waals surface area contributed by atoms with E-state index in [4.69, 9.17) is 23.2 Å². The Labute approximate surface area is 135 Å². The summed E-state index contributed by atoms with van der Waals surface area (Å²) in [5, 5.41) is 1.28. The van der Waals surface area contributed by atoms with Gasteiger partial charge in [-0.2, -0.15) is 0 Å². The summed E-state index contributed by atoms with van der Waals surface area (Å²) in [6.45, 7) is 2.42. The monoisotopic (exact) mass is 324 g/mol. The number of hydrogen-bond acceptors (Lipinski definition) is 4. The molecule has 21 heavy (non-hydrogen) atoms. The van der Waals surface area contributed by atoms with Crippen LogP contribution < -0.4 is 4.90 Å². The van der Waals surface area contributed by atoms with Crippen LogP contribution in [-0.2, 0) is 6.54 Å². The Morgan fingerprint density at radius 1 is 1.14 bits per heavy atom. The van der Waals surface area contributed by atoms with Crippen molar-refractivity contribution in [2.45, 2.75) is 6.54 Å². The molecule has 6 heteroatoms. The normalized spacial score (nSPS) is 10.9. The van der Waals surface area contributed by atoms with Crippen molar-refractivity contribution in [2.75, 3.05) is 32.1 Å². The van der Waals surface area contributed by atoms with Crippen molar-refractivity contribution in [2.24, 2.45) is 0 Å². The van der Waals surface area contributed by atoms with Gasteiger partial charge in [0, 0.05) is 24.7 Å². The highest BCUT2D eigenvalue weighted by atomic mass is 35.5. The summed E-state index contributed by atoms with van der Waals surface area (Å²) >= 11 is 12.3. The molecule has 0 aliphatic carbocycles. The maximum absolute atomic E-state index is 6.23. The zero-order valence-electron chi connectivity index (χ0n) is 12.1. The van der Waals surface area contributed by atoms with Crippen molar-refractivity contribution in [3.63, 3.8) is 0 Å². The van der Waals surface area contributed by atoms with Crippen molar-refractivity contribution >= 4 is 29.0 Å². The van der Waals surface area contributed by atoms with Gasteiger partial charge in [0.1, 0.15) is 11.3 Å². The van der Waals surface area contributed by atoms with E-state index in [0.717, 1.165) is 29.5 Å². The molecule has 1 aromatic carbocycles. The van der Waals surface area contributed by atoms with Crippen LogP contribution in [0.15, 0.2) is 36.8 Å². The van der Waals surface area contributed by atoms with Gasteiger partial charge in [-0.1, -0.05) is 35.3 Å². The van der Waals surface area contributed by atoms with Gasteiger partial charge in [-0.15, -0.1) is 0 Å². The van der Waals surface area contributed by atoms with Crippen LogP contribution in [0.1, 0.15) is 5.56 Å². The Morgan fingerprint density at radius 2 is 1.95 bits per heavy atom. The van der Waals surface area contributed by atoms with E-state index in [1.54, 1.807) is 6.20 Å². The Hall–Kier alpha value is -1.36. The van der Waals surface area contributed by atoms with E-state index in [2.05, 4.69) is 19.8 Å². The van der Waals surface area contributed by atoms with Gasteiger partial charge >= 0.3 is 0 Å². The second kappa shape index (κ2) is 7.59. The van der Waals surface area contributed by atoms with Crippen LogP contribution in [0.4, 0.5) is 5.82 Å². The number of likely N-dealkylation sites (N-methyl/N-ethyl adjacent to an activating group) is 1. The molecule has 0 spiro atoms. The van der Waals surface area contributed by atoms with Crippen molar-refractivity contribution in [3.05, 3.63) is 52.4 Å². The Balaban J connectivity index is 2.22. The van der Waals surface area contributed by atoms with E-state index in [1.807, 2.05) is 38.4 Å². The first-order valence-electron chi connectivity index (χ1n) is 6.66. The van der Waals surface area contributed by atoms with Crippen LogP contribution in [0, 0.1) is 0 Å². The van der Waals surface area contributed by atoms with Crippen molar-refractivity contribution in [1.82, 2.24) is 14.9 Å². The lowest BCUT2D eigenvalue weighted by atomic mass is 10.2. The Morgan fingerprint density at radius 3 is 2.62 bits per heavy atom. The molecule has 0 aliphatic heterocycles. The molecule has 0 aliphatic rings. The van der Waals surface area contributed by atoms with E-state index in [0.29, 0.717) is 11.6 Å². The molecule has 4 nitrogen and oxygen atoms in total. The molecule has 0 atom stereocenters. The lowest BCUT2D eigenvalue weighted by molar-refractivity contribution is 0.412. The molecular weight excluding hydrogens is 307 g/mol. The van der Waals surface area contributed by atoms with Gasteiger partial charge in [-0.05, 0) is 31.8 Å². The second-order valence-electron chi connectivity index (χ2n) is 5.05. The minimum atomic E-state index is 0.554. The molecule has 112 valence electrons. The van der Waals surface area contributed by atoms with Crippen LogP contribution in [0.3, 0.4) is 0 Å². The minimum absolute atomic E-state index is 0.554. The van der Waals surface area contributed by atoms with Gasteiger partial charge in [-0.25, -0.2) is 9.97 Å². The molecule has 1 aromatic heterocycles. The van der Waals surface area contributed by atoms with E-state index < -0.39 is 0 Å². The molecule has 2 rings (SSSR count). The summed E-state index contributed by atoms with van der Waals surface area (Å²) in [6, 6.07) is 7.82. The second-order valence-corrected chi connectivity index (χ2v) is 5.89. The zero-order valence-corrected chi connectivity index (χ0v) is 13.6. The highest BCUT2D eigenvalue weighted by Crippen LogP contribution is 2.23.